The molecule has 0 saturated heterocycles. The van der Waals surface area contributed by atoms with Crippen molar-refractivity contribution >= 4 is 10.9 Å². The van der Waals surface area contributed by atoms with Crippen LogP contribution >= 0.6 is 0 Å². The second-order valence-corrected chi connectivity index (χ2v) is 5.01. The van der Waals surface area contributed by atoms with Gasteiger partial charge in [-0.3, -0.25) is 4.98 Å². The molecule has 3 nitrogen and oxygen atoms in total. The predicted octanol–water partition coefficient (Wildman–Crippen LogP) is 4.22. The number of ether oxygens (including phenoxy) is 2. The maximum Gasteiger partial charge on any atom is 0.149 e. The molecule has 0 N–H and O–H groups in total. The van der Waals surface area contributed by atoms with Crippen LogP contribution < -0.4 is 9.47 Å². The van der Waals surface area contributed by atoms with Gasteiger partial charge in [-0.05, 0) is 48.9 Å². The van der Waals surface area contributed by atoms with Crippen LogP contribution in [0.4, 0.5) is 0 Å². The molecule has 3 heteroatoms. The lowest BCUT2D eigenvalue weighted by Crippen LogP contribution is -1.98. The molecule has 114 valence electrons. The van der Waals surface area contributed by atoms with E-state index in [1.807, 2.05) is 54.6 Å². The molecule has 1 heterocycles. The summed E-state index contributed by atoms with van der Waals surface area (Å²) in [5.74, 6) is 7.32. The minimum absolute atomic E-state index is 0.401. The van der Waals surface area contributed by atoms with Crippen LogP contribution in [-0.2, 0) is 6.61 Å². The minimum Gasteiger partial charge on any atom is -0.489 e. The van der Waals surface area contributed by atoms with E-state index in [0.29, 0.717) is 13.2 Å². The Kier molecular flexibility index (Phi) is 4.76. The van der Waals surface area contributed by atoms with Gasteiger partial charge in [0.2, 0.25) is 0 Å². The first-order valence-electron chi connectivity index (χ1n) is 7.44. The molecule has 0 saturated carbocycles. The zero-order valence-electron chi connectivity index (χ0n) is 13.0. The summed E-state index contributed by atoms with van der Waals surface area (Å²) in [6.45, 7) is 2.69. The standard InChI is InChI=1S/C20H17NO2/c1-2-3-12-22-18-8-4-6-16(13-18)15-23-19-9-10-20-17(14-19)7-5-11-21-20/h4-11,13-14H,12,15H2,1H3. The van der Waals surface area contributed by atoms with Crippen LogP contribution in [0.15, 0.2) is 60.8 Å². The summed E-state index contributed by atoms with van der Waals surface area (Å²) in [4.78, 5) is 4.30. The van der Waals surface area contributed by atoms with Crippen molar-refractivity contribution in [1.82, 2.24) is 4.98 Å². The van der Waals surface area contributed by atoms with Crippen molar-refractivity contribution in [2.24, 2.45) is 0 Å². The fraction of sp³-hybridized carbons (Fsp3) is 0.150. The van der Waals surface area contributed by atoms with E-state index in [2.05, 4.69) is 16.8 Å². The topological polar surface area (TPSA) is 31.4 Å². The molecule has 3 aromatic rings. The average Bonchev–Trinajstić information content (AvgIpc) is 2.60. The van der Waals surface area contributed by atoms with Gasteiger partial charge in [0.05, 0.1) is 5.52 Å². The maximum atomic E-state index is 5.87. The van der Waals surface area contributed by atoms with Crippen molar-refractivity contribution in [3.8, 4) is 23.3 Å². The minimum atomic E-state index is 0.401. The van der Waals surface area contributed by atoms with Gasteiger partial charge < -0.3 is 9.47 Å². The Morgan fingerprint density at radius 3 is 2.78 bits per heavy atom. The van der Waals surface area contributed by atoms with Crippen molar-refractivity contribution in [2.75, 3.05) is 6.61 Å². The maximum absolute atomic E-state index is 5.87. The van der Waals surface area contributed by atoms with Crippen molar-refractivity contribution in [3.63, 3.8) is 0 Å². The Morgan fingerprint density at radius 1 is 0.957 bits per heavy atom. The van der Waals surface area contributed by atoms with Crippen molar-refractivity contribution < 1.29 is 9.47 Å². The fourth-order valence-electron chi connectivity index (χ4n) is 2.23. The smallest absolute Gasteiger partial charge is 0.149 e. The summed E-state index contributed by atoms with van der Waals surface area (Å²) >= 11 is 0. The third-order valence-electron chi connectivity index (χ3n) is 3.37. The van der Waals surface area contributed by atoms with Crippen molar-refractivity contribution in [1.29, 1.82) is 0 Å². The Labute approximate surface area is 135 Å². The molecule has 23 heavy (non-hydrogen) atoms. The lowest BCUT2D eigenvalue weighted by atomic mass is 10.2. The molecule has 2 aromatic carbocycles. The molecular weight excluding hydrogens is 286 g/mol. The Morgan fingerprint density at radius 2 is 1.87 bits per heavy atom. The van der Waals surface area contributed by atoms with E-state index in [-0.39, 0.29) is 0 Å². The first-order valence-corrected chi connectivity index (χ1v) is 7.44. The number of nitrogens with zero attached hydrogens (tertiary/aromatic N) is 1. The van der Waals surface area contributed by atoms with Crippen LogP contribution in [0.5, 0.6) is 11.5 Å². The van der Waals surface area contributed by atoms with Crippen LogP contribution in [-0.4, -0.2) is 11.6 Å². The SMILES string of the molecule is CC#CCOc1cccc(COc2ccc3ncccc3c2)c1. The Bertz CT molecular complexity index is 862. The second kappa shape index (κ2) is 7.33. The van der Waals surface area contributed by atoms with Crippen LogP contribution in [0.3, 0.4) is 0 Å². The van der Waals surface area contributed by atoms with Gasteiger partial charge >= 0.3 is 0 Å². The molecule has 0 spiro atoms. The molecule has 1 aromatic heterocycles. The highest BCUT2D eigenvalue weighted by Gasteiger charge is 2.01. The summed E-state index contributed by atoms with van der Waals surface area (Å²) in [6, 6.07) is 17.7. The summed E-state index contributed by atoms with van der Waals surface area (Å²) in [5.41, 5.74) is 2.02. The third kappa shape index (κ3) is 4.02. The largest absolute Gasteiger partial charge is 0.489 e. The van der Waals surface area contributed by atoms with Gasteiger partial charge in [-0.25, -0.2) is 0 Å². The van der Waals surface area contributed by atoms with E-state index < -0.39 is 0 Å². The average molecular weight is 303 g/mol. The van der Waals surface area contributed by atoms with E-state index in [4.69, 9.17) is 9.47 Å². The number of fused-ring (bicyclic) bond motifs is 1. The zero-order valence-corrected chi connectivity index (χ0v) is 13.0. The second-order valence-electron chi connectivity index (χ2n) is 5.01. The molecule has 0 amide bonds. The molecule has 0 bridgehead atoms. The van der Waals surface area contributed by atoms with E-state index in [0.717, 1.165) is 28.0 Å². The number of aromatic nitrogens is 1. The van der Waals surface area contributed by atoms with Crippen LogP contribution in [0, 0.1) is 11.8 Å². The quantitative estimate of drug-likeness (QED) is 0.661. The van der Waals surface area contributed by atoms with Crippen LogP contribution in [0.25, 0.3) is 10.9 Å². The number of pyridine rings is 1. The molecule has 0 atom stereocenters. The monoisotopic (exact) mass is 303 g/mol. The highest BCUT2D eigenvalue weighted by Crippen LogP contribution is 2.21. The third-order valence-corrected chi connectivity index (χ3v) is 3.37. The van der Waals surface area contributed by atoms with E-state index in [1.54, 1.807) is 13.1 Å². The fourth-order valence-corrected chi connectivity index (χ4v) is 2.23. The van der Waals surface area contributed by atoms with Gasteiger partial charge in [0.15, 0.2) is 0 Å². The summed E-state index contributed by atoms with van der Waals surface area (Å²) in [7, 11) is 0. The molecule has 0 aliphatic rings. The van der Waals surface area contributed by atoms with Crippen molar-refractivity contribution in [3.05, 3.63) is 66.4 Å². The summed E-state index contributed by atoms with van der Waals surface area (Å²) < 4.78 is 11.4. The highest BCUT2D eigenvalue weighted by atomic mass is 16.5. The first kappa shape index (κ1) is 14.9. The van der Waals surface area contributed by atoms with Crippen LogP contribution in [0.1, 0.15) is 12.5 Å². The molecular formula is C20H17NO2. The van der Waals surface area contributed by atoms with Gasteiger partial charge in [0.25, 0.3) is 0 Å². The number of rotatable bonds is 5. The van der Waals surface area contributed by atoms with Gasteiger partial charge in [0.1, 0.15) is 24.7 Å². The molecule has 0 aliphatic carbocycles. The van der Waals surface area contributed by atoms with Crippen LogP contribution in [0.2, 0.25) is 0 Å². The highest BCUT2D eigenvalue weighted by molar-refractivity contribution is 5.79. The number of hydrogen-bond donors (Lipinski definition) is 0. The number of benzene rings is 2. The van der Waals surface area contributed by atoms with Gasteiger partial charge in [-0.1, -0.05) is 24.1 Å². The van der Waals surface area contributed by atoms with Gasteiger partial charge in [-0.15, -0.1) is 5.92 Å². The zero-order chi connectivity index (χ0) is 15.9. The van der Waals surface area contributed by atoms with Gasteiger partial charge in [0, 0.05) is 11.6 Å². The molecule has 0 unspecified atom stereocenters. The molecule has 0 aliphatic heterocycles. The van der Waals surface area contributed by atoms with E-state index >= 15 is 0 Å². The van der Waals surface area contributed by atoms with Crippen molar-refractivity contribution in [2.45, 2.75) is 13.5 Å². The Hall–Kier alpha value is -2.99. The van der Waals surface area contributed by atoms with Gasteiger partial charge in [-0.2, -0.15) is 0 Å². The normalized spacial score (nSPS) is 9.96. The molecule has 0 radical (unpaired) electrons. The Balaban J connectivity index is 1.66. The first-order chi connectivity index (χ1) is 11.3. The van der Waals surface area contributed by atoms with E-state index in [9.17, 15) is 0 Å². The lowest BCUT2D eigenvalue weighted by Gasteiger charge is -2.09. The lowest BCUT2D eigenvalue weighted by molar-refractivity contribution is 0.305. The molecule has 3 rings (SSSR count). The summed E-state index contributed by atoms with van der Waals surface area (Å²) in [5, 5.41) is 1.07. The number of hydrogen-bond acceptors (Lipinski definition) is 3. The predicted molar refractivity (Wildman–Crippen MR) is 91.5 cm³/mol. The van der Waals surface area contributed by atoms with E-state index in [1.165, 1.54) is 0 Å². The summed E-state index contributed by atoms with van der Waals surface area (Å²) in [6.07, 6.45) is 1.79. The molecule has 0 fully saturated rings.